The number of carbonyl (C=O) groups is 1. The molecule has 4 nitrogen and oxygen atoms in total. The molecule has 0 radical (unpaired) electrons. The highest BCUT2D eigenvalue weighted by atomic mass is 16.6. The first-order valence-corrected chi connectivity index (χ1v) is 6.13. The molecule has 0 spiro atoms. The normalized spacial score (nSPS) is 19.9. The molecule has 4 heteroatoms. The molecule has 1 amide bonds. The number of ether oxygens (including phenoxy) is 2. The average Bonchev–Trinajstić information content (AvgIpc) is 2.76. The van der Waals surface area contributed by atoms with E-state index in [-0.39, 0.29) is 12.3 Å². The van der Waals surface area contributed by atoms with Crippen molar-refractivity contribution in [2.75, 3.05) is 13.2 Å². The van der Waals surface area contributed by atoms with Crippen molar-refractivity contribution >= 4 is 6.09 Å². The maximum atomic E-state index is 12.1. The van der Waals surface area contributed by atoms with Crippen LogP contribution in [0.15, 0.2) is 30.3 Å². The number of benzene rings is 1. The molecule has 1 aromatic rings. The number of rotatable bonds is 1. The van der Waals surface area contributed by atoms with E-state index in [9.17, 15) is 4.79 Å². The monoisotopic (exact) mass is 249 g/mol. The first-order chi connectivity index (χ1) is 8.47. The van der Waals surface area contributed by atoms with Gasteiger partial charge in [0.05, 0.1) is 13.2 Å². The number of nitrogens with zero attached hydrogens (tertiary/aromatic N) is 1. The third-order valence-electron chi connectivity index (χ3n) is 2.60. The highest BCUT2D eigenvalue weighted by Crippen LogP contribution is 2.28. The number of hydrogen-bond acceptors (Lipinski definition) is 3. The van der Waals surface area contributed by atoms with Crippen molar-refractivity contribution in [3.63, 3.8) is 0 Å². The van der Waals surface area contributed by atoms with Crippen molar-refractivity contribution in [2.24, 2.45) is 0 Å². The summed E-state index contributed by atoms with van der Waals surface area (Å²) in [7, 11) is 0. The fourth-order valence-electron chi connectivity index (χ4n) is 1.87. The maximum absolute atomic E-state index is 12.1. The quantitative estimate of drug-likeness (QED) is 0.768. The Morgan fingerprint density at radius 1 is 1.33 bits per heavy atom. The lowest BCUT2D eigenvalue weighted by Gasteiger charge is -2.27. The van der Waals surface area contributed by atoms with Crippen LogP contribution in [0.2, 0.25) is 0 Å². The van der Waals surface area contributed by atoms with Gasteiger partial charge in [0, 0.05) is 5.56 Å². The second kappa shape index (κ2) is 4.98. The Hall–Kier alpha value is -1.55. The van der Waals surface area contributed by atoms with E-state index in [1.165, 1.54) is 0 Å². The van der Waals surface area contributed by atoms with Crippen LogP contribution in [0.3, 0.4) is 0 Å². The van der Waals surface area contributed by atoms with E-state index in [0.717, 1.165) is 5.56 Å². The summed E-state index contributed by atoms with van der Waals surface area (Å²) < 4.78 is 11.0. The van der Waals surface area contributed by atoms with E-state index in [1.807, 2.05) is 51.1 Å². The molecule has 0 N–H and O–H groups in total. The van der Waals surface area contributed by atoms with Crippen LogP contribution >= 0.6 is 0 Å². The molecule has 1 saturated heterocycles. The predicted octanol–water partition coefficient (Wildman–Crippen LogP) is 2.95. The fourth-order valence-corrected chi connectivity index (χ4v) is 1.87. The molecule has 1 aromatic carbocycles. The molecule has 0 aliphatic carbocycles. The topological polar surface area (TPSA) is 38.8 Å². The Morgan fingerprint density at radius 2 is 2.00 bits per heavy atom. The molecule has 1 fully saturated rings. The van der Waals surface area contributed by atoms with Crippen molar-refractivity contribution in [3.05, 3.63) is 35.9 Å². The minimum atomic E-state index is -0.485. The van der Waals surface area contributed by atoms with Crippen LogP contribution in [-0.2, 0) is 9.47 Å². The standard InChI is InChI=1S/C14H19NO3/c1-14(2,3)18-13(16)15-9-10-17-12(15)11-7-5-4-6-8-11/h4-8,12H,9-10H2,1-3H3/t12-/m0/s1. The van der Waals surface area contributed by atoms with Crippen molar-refractivity contribution in [1.82, 2.24) is 4.90 Å². The third-order valence-corrected chi connectivity index (χ3v) is 2.60. The van der Waals surface area contributed by atoms with Gasteiger partial charge in [0.1, 0.15) is 5.60 Å². The zero-order valence-corrected chi connectivity index (χ0v) is 11.1. The maximum Gasteiger partial charge on any atom is 0.412 e. The van der Waals surface area contributed by atoms with E-state index in [1.54, 1.807) is 4.90 Å². The minimum absolute atomic E-state index is 0.325. The zero-order chi connectivity index (χ0) is 13.2. The molecular formula is C14H19NO3. The fraction of sp³-hybridized carbons (Fsp3) is 0.500. The van der Waals surface area contributed by atoms with Gasteiger partial charge in [-0.3, -0.25) is 4.90 Å². The lowest BCUT2D eigenvalue weighted by molar-refractivity contribution is -0.00978. The Labute approximate surface area is 107 Å². The van der Waals surface area contributed by atoms with Crippen molar-refractivity contribution in [2.45, 2.75) is 32.6 Å². The van der Waals surface area contributed by atoms with E-state index in [0.29, 0.717) is 13.2 Å². The average molecular weight is 249 g/mol. The molecule has 0 unspecified atom stereocenters. The van der Waals surface area contributed by atoms with E-state index in [4.69, 9.17) is 9.47 Å². The lowest BCUT2D eigenvalue weighted by Crippen LogP contribution is -2.36. The smallest absolute Gasteiger partial charge is 0.412 e. The summed E-state index contributed by atoms with van der Waals surface area (Å²) in [6.45, 7) is 6.69. The highest BCUT2D eigenvalue weighted by molar-refractivity contribution is 5.69. The Morgan fingerprint density at radius 3 is 2.61 bits per heavy atom. The molecule has 1 aliphatic rings. The van der Waals surface area contributed by atoms with Crippen molar-refractivity contribution in [3.8, 4) is 0 Å². The zero-order valence-electron chi connectivity index (χ0n) is 11.1. The summed E-state index contributed by atoms with van der Waals surface area (Å²) in [6.07, 6.45) is -0.657. The molecule has 0 saturated carbocycles. The second-order valence-electron chi connectivity index (χ2n) is 5.31. The van der Waals surface area contributed by atoms with Gasteiger partial charge in [0.2, 0.25) is 0 Å². The van der Waals surface area contributed by atoms with Crippen LogP contribution in [0.1, 0.15) is 32.6 Å². The van der Waals surface area contributed by atoms with Crippen molar-refractivity contribution < 1.29 is 14.3 Å². The first-order valence-electron chi connectivity index (χ1n) is 6.13. The summed E-state index contributed by atoms with van der Waals surface area (Å²) in [5.74, 6) is 0. The van der Waals surface area contributed by atoms with Gasteiger partial charge in [-0.25, -0.2) is 4.79 Å². The molecule has 1 heterocycles. The van der Waals surface area contributed by atoms with Crippen LogP contribution in [-0.4, -0.2) is 29.7 Å². The summed E-state index contributed by atoms with van der Waals surface area (Å²) >= 11 is 0. The van der Waals surface area contributed by atoms with Gasteiger partial charge in [-0.15, -0.1) is 0 Å². The molecule has 1 aliphatic heterocycles. The molecule has 0 bridgehead atoms. The van der Waals surface area contributed by atoms with Crippen LogP contribution in [0, 0.1) is 0 Å². The summed E-state index contributed by atoms with van der Waals surface area (Å²) in [6, 6.07) is 9.71. The van der Waals surface area contributed by atoms with Gasteiger partial charge in [-0.1, -0.05) is 30.3 Å². The second-order valence-corrected chi connectivity index (χ2v) is 5.31. The molecule has 2 rings (SSSR count). The largest absolute Gasteiger partial charge is 0.444 e. The van der Waals surface area contributed by atoms with E-state index in [2.05, 4.69) is 0 Å². The van der Waals surface area contributed by atoms with Crippen LogP contribution in [0.25, 0.3) is 0 Å². The lowest BCUT2D eigenvalue weighted by atomic mass is 10.2. The Bertz CT molecular complexity index is 411. The van der Waals surface area contributed by atoms with Gasteiger partial charge in [0.15, 0.2) is 6.23 Å². The number of amides is 1. The van der Waals surface area contributed by atoms with Crippen molar-refractivity contribution in [1.29, 1.82) is 0 Å². The Balaban J connectivity index is 2.11. The van der Waals surface area contributed by atoms with Crippen LogP contribution in [0.5, 0.6) is 0 Å². The third kappa shape index (κ3) is 3.01. The van der Waals surface area contributed by atoms with Gasteiger partial charge < -0.3 is 9.47 Å². The van der Waals surface area contributed by atoms with Gasteiger partial charge >= 0.3 is 6.09 Å². The summed E-state index contributed by atoms with van der Waals surface area (Å²) in [5, 5.41) is 0. The minimum Gasteiger partial charge on any atom is -0.444 e. The van der Waals surface area contributed by atoms with Gasteiger partial charge in [0.25, 0.3) is 0 Å². The molecule has 1 atom stereocenters. The molecule has 0 aromatic heterocycles. The molecule has 98 valence electrons. The van der Waals surface area contributed by atoms with Gasteiger partial charge in [-0.2, -0.15) is 0 Å². The van der Waals surface area contributed by atoms with E-state index >= 15 is 0 Å². The van der Waals surface area contributed by atoms with Crippen LogP contribution in [0.4, 0.5) is 4.79 Å². The number of hydrogen-bond donors (Lipinski definition) is 0. The molecule has 18 heavy (non-hydrogen) atoms. The summed E-state index contributed by atoms with van der Waals surface area (Å²) in [5.41, 5.74) is 0.488. The van der Waals surface area contributed by atoms with Crippen LogP contribution < -0.4 is 0 Å². The highest BCUT2D eigenvalue weighted by Gasteiger charge is 2.33. The van der Waals surface area contributed by atoms with Gasteiger partial charge in [-0.05, 0) is 20.8 Å². The number of carbonyl (C=O) groups excluding carboxylic acids is 1. The van der Waals surface area contributed by atoms with E-state index < -0.39 is 5.60 Å². The Kier molecular flexibility index (Phi) is 3.57. The predicted molar refractivity (Wildman–Crippen MR) is 68.1 cm³/mol. The molecular weight excluding hydrogens is 230 g/mol. The SMILES string of the molecule is CC(C)(C)OC(=O)N1CCO[C@H]1c1ccccc1. The first kappa shape index (κ1) is 12.9. The summed E-state index contributed by atoms with van der Waals surface area (Å²) in [4.78, 5) is 13.7.